The molecule has 0 bridgehead atoms. The molecule has 0 aliphatic carbocycles. The van der Waals surface area contributed by atoms with Gasteiger partial charge in [0.1, 0.15) is 0 Å². The number of aryl methyl sites for hydroxylation is 1. The third-order valence-corrected chi connectivity index (χ3v) is 1.84. The van der Waals surface area contributed by atoms with Gasteiger partial charge in [0.05, 0.1) is 11.4 Å². The molecule has 0 unspecified atom stereocenters. The van der Waals surface area contributed by atoms with Gasteiger partial charge in [-0.15, -0.1) is 0 Å². The van der Waals surface area contributed by atoms with Crippen LogP contribution >= 0.6 is 0 Å². The molecule has 2 N–H and O–H groups in total. The Balaban J connectivity index is 3.45. The van der Waals surface area contributed by atoms with Crippen molar-refractivity contribution in [2.24, 2.45) is 4.99 Å². The van der Waals surface area contributed by atoms with Gasteiger partial charge in [-0.05, 0) is 19.2 Å². The number of anilines is 1. The largest absolute Gasteiger partial charge is 0.397 e. The number of nitrogens with two attached hydrogens (primary N) is 1. The number of hydrogen-bond donors (Lipinski definition) is 1. The fourth-order valence-corrected chi connectivity index (χ4v) is 1.07. The minimum absolute atomic E-state index is 0.683. The smallest absolute Gasteiger partial charge is 0.0926 e. The fraction of sp³-hybridized carbons (Fsp3) is 0.100. The first-order chi connectivity index (χ1) is 5.70. The summed E-state index contributed by atoms with van der Waals surface area (Å²) in [6, 6.07) is 3.88. The highest BCUT2D eigenvalue weighted by molar-refractivity contribution is 5.78. The number of hydrogen-bond acceptors (Lipinski definition) is 2. The summed E-state index contributed by atoms with van der Waals surface area (Å²) in [4.78, 5) is 3.86. The minimum Gasteiger partial charge on any atom is -0.397 e. The topological polar surface area (TPSA) is 38.4 Å². The van der Waals surface area contributed by atoms with Gasteiger partial charge in [-0.2, -0.15) is 0 Å². The molecular formula is C10H12N2. The van der Waals surface area contributed by atoms with Crippen LogP contribution in [0.1, 0.15) is 11.1 Å². The van der Waals surface area contributed by atoms with E-state index < -0.39 is 0 Å². The van der Waals surface area contributed by atoms with E-state index in [0.29, 0.717) is 5.69 Å². The zero-order valence-electron chi connectivity index (χ0n) is 7.17. The molecule has 0 aromatic heterocycles. The highest BCUT2D eigenvalue weighted by Crippen LogP contribution is 2.29. The summed E-state index contributed by atoms with van der Waals surface area (Å²) >= 11 is 0. The monoisotopic (exact) mass is 160 g/mol. The maximum absolute atomic E-state index is 5.79. The van der Waals surface area contributed by atoms with Crippen molar-refractivity contribution < 1.29 is 0 Å². The molecule has 2 heteroatoms. The third-order valence-electron chi connectivity index (χ3n) is 1.84. The van der Waals surface area contributed by atoms with Crippen molar-refractivity contribution in [2.75, 3.05) is 5.73 Å². The Morgan fingerprint density at radius 1 is 1.50 bits per heavy atom. The van der Waals surface area contributed by atoms with E-state index in [1.807, 2.05) is 19.1 Å². The van der Waals surface area contributed by atoms with Crippen LogP contribution in [0.2, 0.25) is 0 Å². The van der Waals surface area contributed by atoms with Crippen LogP contribution in [0, 0.1) is 6.92 Å². The van der Waals surface area contributed by atoms with Gasteiger partial charge >= 0.3 is 0 Å². The summed E-state index contributed by atoms with van der Waals surface area (Å²) in [6.45, 7) is 9.07. The number of benzene rings is 1. The molecule has 0 saturated heterocycles. The predicted octanol–water partition coefficient (Wildman–Crippen LogP) is 2.55. The average molecular weight is 160 g/mol. The van der Waals surface area contributed by atoms with Crippen molar-refractivity contribution in [1.29, 1.82) is 0 Å². The molecule has 0 radical (unpaired) electrons. The second kappa shape index (κ2) is 3.22. The molecule has 2 nitrogen and oxygen atoms in total. The maximum atomic E-state index is 5.79. The molecule has 12 heavy (non-hydrogen) atoms. The Bertz CT molecular complexity index is 327. The van der Waals surface area contributed by atoms with Crippen LogP contribution in [0.3, 0.4) is 0 Å². The van der Waals surface area contributed by atoms with Crippen molar-refractivity contribution in [3.05, 3.63) is 29.8 Å². The Hall–Kier alpha value is -1.57. The van der Waals surface area contributed by atoms with E-state index in [1.165, 1.54) is 0 Å². The second-order valence-electron chi connectivity index (χ2n) is 2.60. The summed E-state index contributed by atoms with van der Waals surface area (Å²) in [5.41, 5.74) is 9.14. The van der Waals surface area contributed by atoms with Crippen molar-refractivity contribution in [3.8, 4) is 0 Å². The Morgan fingerprint density at radius 3 is 2.67 bits per heavy atom. The van der Waals surface area contributed by atoms with Crippen LogP contribution in [-0.2, 0) is 0 Å². The number of nitrogens with zero attached hydrogens (tertiary/aromatic N) is 1. The lowest BCUT2D eigenvalue weighted by molar-refractivity contribution is 1.42. The molecule has 0 fully saturated rings. The normalized spacial score (nSPS) is 9.42. The lowest BCUT2D eigenvalue weighted by Crippen LogP contribution is -1.91. The van der Waals surface area contributed by atoms with Gasteiger partial charge in [0, 0.05) is 5.56 Å². The first-order valence-corrected chi connectivity index (χ1v) is 3.69. The van der Waals surface area contributed by atoms with E-state index in [4.69, 9.17) is 5.73 Å². The Labute approximate surface area is 72.4 Å². The molecule has 1 aromatic carbocycles. The fourth-order valence-electron chi connectivity index (χ4n) is 1.07. The van der Waals surface area contributed by atoms with Crippen molar-refractivity contribution in [1.82, 2.24) is 0 Å². The molecule has 62 valence electrons. The molecule has 1 aromatic rings. The molecule has 1 rings (SSSR count). The number of nitrogen functional groups attached to an aromatic ring is 1. The van der Waals surface area contributed by atoms with Gasteiger partial charge in [-0.1, -0.05) is 24.8 Å². The Morgan fingerprint density at radius 2 is 2.17 bits per heavy atom. The third kappa shape index (κ3) is 1.23. The first-order valence-electron chi connectivity index (χ1n) is 3.69. The van der Waals surface area contributed by atoms with Crippen LogP contribution < -0.4 is 5.73 Å². The highest BCUT2D eigenvalue weighted by Gasteiger charge is 2.03. The van der Waals surface area contributed by atoms with Crippen LogP contribution in [0.4, 0.5) is 11.4 Å². The number of rotatable bonds is 2. The van der Waals surface area contributed by atoms with Gasteiger partial charge in [0.25, 0.3) is 0 Å². The van der Waals surface area contributed by atoms with Crippen LogP contribution in [0.25, 0.3) is 6.08 Å². The summed E-state index contributed by atoms with van der Waals surface area (Å²) in [7, 11) is 0. The van der Waals surface area contributed by atoms with Crippen LogP contribution in [-0.4, -0.2) is 6.72 Å². The molecule has 0 aliphatic rings. The summed E-state index contributed by atoms with van der Waals surface area (Å²) in [5, 5.41) is 0. The van der Waals surface area contributed by atoms with Gasteiger partial charge < -0.3 is 5.73 Å². The van der Waals surface area contributed by atoms with E-state index in [-0.39, 0.29) is 0 Å². The second-order valence-corrected chi connectivity index (χ2v) is 2.60. The zero-order chi connectivity index (χ0) is 9.14. The van der Waals surface area contributed by atoms with E-state index in [2.05, 4.69) is 18.3 Å². The van der Waals surface area contributed by atoms with Crippen molar-refractivity contribution in [2.45, 2.75) is 6.92 Å². The lowest BCUT2D eigenvalue weighted by atomic mass is 10.1. The van der Waals surface area contributed by atoms with E-state index in [1.54, 1.807) is 6.08 Å². The SMILES string of the molecule is C=Cc1ccc(C)c(N)c1N=C. The maximum Gasteiger partial charge on any atom is 0.0926 e. The van der Waals surface area contributed by atoms with Gasteiger partial charge in [0.15, 0.2) is 0 Å². The van der Waals surface area contributed by atoms with Crippen molar-refractivity contribution >= 4 is 24.2 Å². The summed E-state index contributed by atoms with van der Waals surface area (Å²) in [6.07, 6.45) is 1.72. The molecular weight excluding hydrogens is 148 g/mol. The zero-order valence-corrected chi connectivity index (χ0v) is 7.17. The summed E-state index contributed by atoms with van der Waals surface area (Å²) < 4.78 is 0. The van der Waals surface area contributed by atoms with Gasteiger partial charge in [0.2, 0.25) is 0 Å². The van der Waals surface area contributed by atoms with Crippen LogP contribution in [0.5, 0.6) is 0 Å². The molecule has 0 saturated carbocycles. The summed E-state index contributed by atoms with van der Waals surface area (Å²) in [5.74, 6) is 0. The Kier molecular flexibility index (Phi) is 2.29. The molecule has 0 amide bonds. The molecule has 0 spiro atoms. The molecule has 0 atom stereocenters. The molecule has 0 aliphatic heterocycles. The average Bonchev–Trinajstić information content (AvgIpc) is 2.09. The van der Waals surface area contributed by atoms with Gasteiger partial charge in [-0.25, -0.2) is 0 Å². The lowest BCUT2D eigenvalue weighted by Gasteiger charge is -2.06. The highest BCUT2D eigenvalue weighted by atomic mass is 14.8. The minimum atomic E-state index is 0.683. The standard InChI is InChI=1S/C10H12N2/c1-4-8-6-5-7(2)9(11)10(8)12-3/h4-6H,1,3,11H2,2H3. The molecule has 0 heterocycles. The quantitative estimate of drug-likeness (QED) is 0.524. The number of aliphatic imine (C=N–C) groups is 1. The first kappa shape index (κ1) is 8.53. The van der Waals surface area contributed by atoms with Gasteiger partial charge in [-0.3, -0.25) is 4.99 Å². The van der Waals surface area contributed by atoms with E-state index >= 15 is 0 Å². The van der Waals surface area contributed by atoms with E-state index in [0.717, 1.165) is 16.8 Å². The predicted molar refractivity (Wildman–Crippen MR) is 54.9 cm³/mol. The van der Waals surface area contributed by atoms with Crippen molar-refractivity contribution in [3.63, 3.8) is 0 Å². The van der Waals surface area contributed by atoms with E-state index in [9.17, 15) is 0 Å². The van der Waals surface area contributed by atoms with Crippen LogP contribution in [0.15, 0.2) is 23.7 Å².